The van der Waals surface area contributed by atoms with Crippen molar-refractivity contribution in [3.63, 3.8) is 0 Å². The van der Waals surface area contributed by atoms with E-state index in [1.807, 2.05) is 6.07 Å². The maximum absolute atomic E-state index is 12.8. The van der Waals surface area contributed by atoms with Gasteiger partial charge in [-0.05, 0) is 43.2 Å². The maximum Gasteiger partial charge on any atom is 0.433 e. The van der Waals surface area contributed by atoms with Gasteiger partial charge in [-0.3, -0.25) is 4.68 Å². The van der Waals surface area contributed by atoms with Crippen LogP contribution >= 0.6 is 0 Å². The molecule has 0 aliphatic rings. The van der Waals surface area contributed by atoms with Gasteiger partial charge in [0.1, 0.15) is 5.69 Å². The average molecular weight is 421 g/mol. The van der Waals surface area contributed by atoms with Crippen LogP contribution in [0.4, 0.5) is 24.8 Å². The van der Waals surface area contributed by atoms with Gasteiger partial charge in [-0.1, -0.05) is 6.07 Å². The second-order valence-electron chi connectivity index (χ2n) is 6.98. The number of nitrogens with zero attached hydrogens (tertiary/aromatic N) is 4. The van der Waals surface area contributed by atoms with Gasteiger partial charge < -0.3 is 15.5 Å². The third-order valence-electron chi connectivity index (χ3n) is 4.18. The molecule has 1 aromatic carbocycles. The van der Waals surface area contributed by atoms with Crippen molar-refractivity contribution in [1.29, 1.82) is 0 Å². The summed E-state index contributed by atoms with van der Waals surface area (Å²) in [6, 6.07) is 6.00. The number of rotatable bonds is 6. The number of aliphatic carboxylic acids is 1. The van der Waals surface area contributed by atoms with Crippen molar-refractivity contribution in [2.45, 2.75) is 32.2 Å². The number of aliphatic hydroxyl groups is 1. The summed E-state index contributed by atoms with van der Waals surface area (Å²) in [6.07, 6.45) is -0.496. The van der Waals surface area contributed by atoms with Crippen LogP contribution in [0.5, 0.6) is 0 Å². The maximum atomic E-state index is 12.8. The zero-order valence-corrected chi connectivity index (χ0v) is 16.0. The molecule has 11 heteroatoms. The minimum Gasteiger partial charge on any atom is -0.479 e. The molecule has 0 spiro atoms. The average Bonchev–Trinajstić information content (AvgIpc) is 3.08. The number of alkyl halides is 3. The van der Waals surface area contributed by atoms with E-state index in [0.717, 1.165) is 17.8 Å². The fourth-order valence-electron chi connectivity index (χ4n) is 2.71. The van der Waals surface area contributed by atoms with Crippen LogP contribution in [0.2, 0.25) is 0 Å². The predicted molar refractivity (Wildman–Crippen MR) is 101 cm³/mol. The number of nitrogens with one attached hydrogen (secondary N) is 1. The van der Waals surface area contributed by atoms with Gasteiger partial charge in [0.15, 0.2) is 5.60 Å². The molecule has 1 atom stereocenters. The third kappa shape index (κ3) is 4.92. The van der Waals surface area contributed by atoms with Crippen molar-refractivity contribution in [3.05, 3.63) is 54.1 Å². The van der Waals surface area contributed by atoms with Gasteiger partial charge in [-0.2, -0.15) is 18.3 Å². The highest BCUT2D eigenvalue weighted by Crippen LogP contribution is 2.29. The second kappa shape index (κ2) is 7.75. The molecule has 0 fully saturated rings. The fraction of sp³-hybridized carbons (Fsp3) is 0.263. The molecule has 8 nitrogen and oxygen atoms in total. The SMILES string of the molecule is Cc1cc(Nc2nccc(C(F)(F)F)n2)cc(-c2cnn(CC(C)(O)C(=O)O)c2)c1. The highest BCUT2D eigenvalue weighted by molar-refractivity contribution is 5.76. The van der Waals surface area contributed by atoms with Crippen molar-refractivity contribution in [2.75, 3.05) is 5.32 Å². The van der Waals surface area contributed by atoms with E-state index in [4.69, 9.17) is 5.11 Å². The molecule has 158 valence electrons. The minimum atomic E-state index is -4.58. The van der Waals surface area contributed by atoms with Crippen LogP contribution in [0.25, 0.3) is 11.1 Å². The first-order valence-corrected chi connectivity index (χ1v) is 8.71. The van der Waals surface area contributed by atoms with Crippen molar-refractivity contribution in [2.24, 2.45) is 0 Å². The number of carboxylic acids is 1. The van der Waals surface area contributed by atoms with Gasteiger partial charge in [-0.25, -0.2) is 14.8 Å². The van der Waals surface area contributed by atoms with Crippen LogP contribution in [0.15, 0.2) is 42.9 Å². The molecule has 0 aliphatic heterocycles. The molecule has 2 heterocycles. The standard InChI is InChI=1S/C19H18F3N5O3/c1-11-5-12(13-8-24-27(9-13)10-18(2,30)16(28)29)7-14(6-11)25-17-23-4-3-15(26-17)19(20,21)22/h3-9,30H,10H2,1-2H3,(H,28,29)(H,23,25,26). The lowest BCUT2D eigenvalue weighted by atomic mass is 10.1. The van der Waals surface area contributed by atoms with Crippen LogP contribution in [0.3, 0.4) is 0 Å². The van der Waals surface area contributed by atoms with E-state index in [1.165, 1.54) is 17.8 Å². The largest absolute Gasteiger partial charge is 0.479 e. The molecule has 3 aromatic rings. The van der Waals surface area contributed by atoms with E-state index in [9.17, 15) is 23.1 Å². The van der Waals surface area contributed by atoms with Crippen molar-refractivity contribution in [3.8, 4) is 11.1 Å². The van der Waals surface area contributed by atoms with E-state index in [0.29, 0.717) is 16.8 Å². The molecule has 0 saturated carbocycles. The molecule has 3 rings (SSSR count). The molecule has 0 aliphatic carbocycles. The predicted octanol–water partition coefficient (Wildman–Crippen LogP) is 3.25. The second-order valence-corrected chi connectivity index (χ2v) is 6.98. The van der Waals surface area contributed by atoms with E-state index in [1.54, 1.807) is 25.3 Å². The van der Waals surface area contributed by atoms with Crippen LogP contribution in [0.1, 0.15) is 18.2 Å². The molecular weight excluding hydrogens is 403 g/mol. The van der Waals surface area contributed by atoms with Gasteiger partial charge >= 0.3 is 12.1 Å². The molecule has 3 N–H and O–H groups in total. The number of benzene rings is 1. The Labute approximate surface area is 169 Å². The van der Waals surface area contributed by atoms with Crippen LogP contribution in [-0.4, -0.2) is 41.5 Å². The first-order valence-electron chi connectivity index (χ1n) is 8.71. The Bertz CT molecular complexity index is 1080. The molecule has 1 unspecified atom stereocenters. The summed E-state index contributed by atoms with van der Waals surface area (Å²) in [5, 5.41) is 25.7. The molecule has 0 bridgehead atoms. The topological polar surface area (TPSA) is 113 Å². The Morgan fingerprint density at radius 3 is 2.63 bits per heavy atom. The smallest absolute Gasteiger partial charge is 0.433 e. The minimum absolute atomic E-state index is 0.199. The lowest BCUT2D eigenvalue weighted by molar-refractivity contribution is -0.158. The highest BCUT2D eigenvalue weighted by Gasteiger charge is 2.33. The van der Waals surface area contributed by atoms with Crippen LogP contribution in [-0.2, 0) is 17.5 Å². The Morgan fingerprint density at radius 1 is 1.23 bits per heavy atom. The Morgan fingerprint density at radius 2 is 1.97 bits per heavy atom. The van der Waals surface area contributed by atoms with Crippen molar-refractivity contribution < 1.29 is 28.2 Å². The molecule has 0 amide bonds. The fourth-order valence-corrected chi connectivity index (χ4v) is 2.71. The first-order chi connectivity index (χ1) is 13.9. The van der Waals surface area contributed by atoms with E-state index in [2.05, 4.69) is 20.4 Å². The van der Waals surface area contributed by atoms with Crippen LogP contribution < -0.4 is 5.32 Å². The summed E-state index contributed by atoms with van der Waals surface area (Å²) in [5.41, 5.74) is -0.441. The first kappa shape index (κ1) is 21.2. The van der Waals surface area contributed by atoms with Gasteiger partial charge in [0.25, 0.3) is 0 Å². The van der Waals surface area contributed by atoms with Gasteiger partial charge in [0.05, 0.1) is 12.7 Å². The summed E-state index contributed by atoms with van der Waals surface area (Å²) in [7, 11) is 0. The van der Waals surface area contributed by atoms with Crippen LogP contribution in [0, 0.1) is 6.92 Å². The summed E-state index contributed by atoms with van der Waals surface area (Å²) in [6.45, 7) is 2.72. The third-order valence-corrected chi connectivity index (χ3v) is 4.18. The number of carbonyl (C=O) groups is 1. The normalized spacial score (nSPS) is 13.7. The number of anilines is 2. The van der Waals surface area contributed by atoms with E-state index in [-0.39, 0.29) is 12.5 Å². The van der Waals surface area contributed by atoms with E-state index >= 15 is 0 Å². The number of aromatic nitrogens is 4. The van der Waals surface area contributed by atoms with Crippen molar-refractivity contribution in [1.82, 2.24) is 19.7 Å². The number of hydrogen-bond donors (Lipinski definition) is 3. The zero-order chi connectivity index (χ0) is 22.1. The summed E-state index contributed by atoms with van der Waals surface area (Å²) >= 11 is 0. The van der Waals surface area contributed by atoms with E-state index < -0.39 is 23.4 Å². The number of aryl methyl sites for hydroxylation is 1. The molecular formula is C19H18F3N5O3. The number of carboxylic acid groups (broad SMARTS) is 1. The monoisotopic (exact) mass is 421 g/mol. The molecule has 2 aromatic heterocycles. The van der Waals surface area contributed by atoms with Gasteiger partial charge in [0.2, 0.25) is 5.95 Å². The lowest BCUT2D eigenvalue weighted by Gasteiger charge is -2.17. The number of halogens is 3. The molecule has 30 heavy (non-hydrogen) atoms. The highest BCUT2D eigenvalue weighted by atomic mass is 19.4. The van der Waals surface area contributed by atoms with Crippen molar-refractivity contribution >= 4 is 17.6 Å². The Kier molecular flexibility index (Phi) is 5.49. The Hall–Kier alpha value is -3.47. The summed E-state index contributed by atoms with van der Waals surface area (Å²) < 4.78 is 39.8. The number of hydrogen-bond acceptors (Lipinski definition) is 6. The van der Waals surface area contributed by atoms with Gasteiger partial charge in [0, 0.05) is 23.6 Å². The quantitative estimate of drug-likeness (QED) is 0.560. The molecule has 0 radical (unpaired) electrons. The Balaban J connectivity index is 1.86. The van der Waals surface area contributed by atoms with Gasteiger partial charge in [-0.15, -0.1) is 0 Å². The molecule has 0 saturated heterocycles. The zero-order valence-electron chi connectivity index (χ0n) is 16.0. The summed E-state index contributed by atoms with van der Waals surface area (Å²) in [4.78, 5) is 18.4. The lowest BCUT2D eigenvalue weighted by Crippen LogP contribution is -2.39. The summed E-state index contributed by atoms with van der Waals surface area (Å²) in [5.74, 6) is -1.57.